The molecule has 1 aliphatic rings. The Balaban J connectivity index is 1.87. The minimum Gasteiger partial charge on any atom is -0.379 e. The van der Waals surface area contributed by atoms with E-state index in [1.807, 2.05) is 12.1 Å². The molecule has 2 aromatic rings. The van der Waals surface area contributed by atoms with Crippen molar-refractivity contribution in [2.75, 3.05) is 31.6 Å². The van der Waals surface area contributed by atoms with Gasteiger partial charge in [-0.15, -0.1) is 0 Å². The van der Waals surface area contributed by atoms with Crippen LogP contribution in [0.5, 0.6) is 0 Å². The smallest absolute Gasteiger partial charge is 0.255 e. The van der Waals surface area contributed by atoms with Crippen molar-refractivity contribution >= 4 is 37.5 Å². The van der Waals surface area contributed by atoms with E-state index in [2.05, 4.69) is 21.2 Å². The molecule has 2 aromatic carbocycles. The molecule has 0 aliphatic carbocycles. The number of aryl methyl sites for hydroxylation is 1. The molecular weight excluding hydrogens is 420 g/mol. The fourth-order valence-corrected chi connectivity index (χ4v) is 4.37. The van der Waals surface area contributed by atoms with E-state index in [0.717, 1.165) is 4.47 Å². The first-order valence-electron chi connectivity index (χ1n) is 8.13. The Morgan fingerprint density at radius 3 is 2.42 bits per heavy atom. The second kappa shape index (κ2) is 7.87. The zero-order chi connectivity index (χ0) is 18.7. The number of rotatable bonds is 4. The second-order valence-corrected chi connectivity index (χ2v) is 8.81. The number of halogens is 1. The molecule has 0 radical (unpaired) electrons. The lowest BCUT2D eigenvalue weighted by Gasteiger charge is -2.26. The number of benzene rings is 2. The van der Waals surface area contributed by atoms with E-state index in [9.17, 15) is 13.2 Å². The van der Waals surface area contributed by atoms with Crippen molar-refractivity contribution < 1.29 is 17.9 Å². The van der Waals surface area contributed by atoms with Crippen LogP contribution in [0.1, 0.15) is 15.9 Å². The van der Waals surface area contributed by atoms with E-state index < -0.39 is 10.0 Å². The predicted molar refractivity (Wildman–Crippen MR) is 103 cm³/mol. The van der Waals surface area contributed by atoms with Gasteiger partial charge in [0, 0.05) is 28.8 Å². The van der Waals surface area contributed by atoms with E-state index in [0.29, 0.717) is 43.1 Å². The summed E-state index contributed by atoms with van der Waals surface area (Å²) in [6.07, 6.45) is 0. The standard InChI is InChI=1S/C18H19BrN2O4S/c1-13-2-7-16(26(23,24)21-8-10-25-11-9-21)12-17(13)18(22)20-15-5-3-14(19)4-6-15/h2-7,12H,8-11H2,1H3,(H,20,22). The van der Waals surface area contributed by atoms with Crippen LogP contribution >= 0.6 is 15.9 Å². The van der Waals surface area contributed by atoms with Crippen LogP contribution in [0, 0.1) is 6.92 Å². The third-order valence-electron chi connectivity index (χ3n) is 4.16. The maximum Gasteiger partial charge on any atom is 0.255 e. The van der Waals surface area contributed by atoms with Gasteiger partial charge >= 0.3 is 0 Å². The summed E-state index contributed by atoms with van der Waals surface area (Å²) in [6, 6.07) is 11.8. The van der Waals surface area contributed by atoms with E-state index in [4.69, 9.17) is 4.74 Å². The number of sulfonamides is 1. The molecule has 6 nitrogen and oxygen atoms in total. The Hall–Kier alpha value is -1.74. The first kappa shape index (κ1) is 19.0. The van der Waals surface area contributed by atoms with Crippen molar-refractivity contribution in [3.63, 3.8) is 0 Å². The highest BCUT2D eigenvalue weighted by atomic mass is 79.9. The summed E-state index contributed by atoms with van der Waals surface area (Å²) in [5.74, 6) is -0.344. The third kappa shape index (κ3) is 4.15. The molecule has 26 heavy (non-hydrogen) atoms. The number of morpholine rings is 1. The summed E-state index contributed by atoms with van der Waals surface area (Å²) in [5.41, 5.74) is 1.68. The summed E-state index contributed by atoms with van der Waals surface area (Å²) >= 11 is 3.34. The lowest BCUT2D eigenvalue weighted by Crippen LogP contribution is -2.40. The van der Waals surface area contributed by atoms with Gasteiger partial charge < -0.3 is 10.1 Å². The maximum absolute atomic E-state index is 12.8. The second-order valence-electron chi connectivity index (χ2n) is 5.95. The van der Waals surface area contributed by atoms with E-state index >= 15 is 0 Å². The van der Waals surface area contributed by atoms with Crippen LogP contribution in [0.15, 0.2) is 51.8 Å². The number of nitrogens with zero attached hydrogens (tertiary/aromatic N) is 1. The molecule has 0 atom stereocenters. The third-order valence-corrected chi connectivity index (χ3v) is 6.59. The highest BCUT2D eigenvalue weighted by molar-refractivity contribution is 9.10. The van der Waals surface area contributed by atoms with Gasteiger partial charge in [-0.2, -0.15) is 4.31 Å². The Morgan fingerprint density at radius 2 is 1.77 bits per heavy atom. The Labute approximate surface area is 161 Å². The first-order chi connectivity index (χ1) is 12.4. The van der Waals surface area contributed by atoms with Crippen LogP contribution in [0.4, 0.5) is 5.69 Å². The first-order valence-corrected chi connectivity index (χ1v) is 10.4. The van der Waals surface area contributed by atoms with Crippen LogP contribution in [0.2, 0.25) is 0 Å². The van der Waals surface area contributed by atoms with Gasteiger partial charge in [-0.1, -0.05) is 22.0 Å². The molecule has 1 aliphatic heterocycles. The van der Waals surface area contributed by atoms with Gasteiger partial charge in [0.2, 0.25) is 10.0 Å². The molecule has 0 aromatic heterocycles. The zero-order valence-electron chi connectivity index (χ0n) is 14.2. The number of hydrogen-bond acceptors (Lipinski definition) is 4. The lowest BCUT2D eigenvalue weighted by molar-refractivity contribution is 0.0730. The van der Waals surface area contributed by atoms with Gasteiger partial charge in [-0.3, -0.25) is 4.79 Å². The fourth-order valence-electron chi connectivity index (χ4n) is 2.67. The van der Waals surface area contributed by atoms with E-state index in [1.165, 1.54) is 16.4 Å². The van der Waals surface area contributed by atoms with Crippen molar-refractivity contribution in [1.29, 1.82) is 0 Å². The minimum absolute atomic E-state index is 0.117. The lowest BCUT2D eigenvalue weighted by atomic mass is 10.1. The highest BCUT2D eigenvalue weighted by Gasteiger charge is 2.27. The Kier molecular flexibility index (Phi) is 5.76. The molecule has 138 valence electrons. The number of anilines is 1. The predicted octanol–water partition coefficient (Wildman–Crippen LogP) is 3.03. The van der Waals surface area contributed by atoms with Crippen molar-refractivity contribution in [1.82, 2.24) is 4.31 Å². The van der Waals surface area contributed by atoms with Gasteiger partial charge in [-0.05, 0) is 48.9 Å². The summed E-state index contributed by atoms with van der Waals surface area (Å²) in [5, 5.41) is 2.80. The van der Waals surface area contributed by atoms with Crippen LogP contribution in [0.3, 0.4) is 0 Å². The Morgan fingerprint density at radius 1 is 1.12 bits per heavy atom. The maximum atomic E-state index is 12.8. The molecule has 1 amide bonds. The van der Waals surface area contributed by atoms with Gasteiger partial charge in [0.25, 0.3) is 5.91 Å². The number of ether oxygens (including phenoxy) is 1. The number of amides is 1. The van der Waals surface area contributed by atoms with Gasteiger partial charge in [0.05, 0.1) is 18.1 Å². The number of carbonyl (C=O) groups is 1. The van der Waals surface area contributed by atoms with Gasteiger partial charge in [-0.25, -0.2) is 8.42 Å². The Bertz CT molecular complexity index is 907. The molecule has 8 heteroatoms. The van der Waals surface area contributed by atoms with Crippen LogP contribution in [-0.4, -0.2) is 44.9 Å². The summed E-state index contributed by atoms with van der Waals surface area (Å²) in [4.78, 5) is 12.7. The van der Waals surface area contributed by atoms with E-state index in [-0.39, 0.29) is 10.8 Å². The number of nitrogens with one attached hydrogen (secondary N) is 1. The quantitative estimate of drug-likeness (QED) is 0.795. The minimum atomic E-state index is -3.65. The molecular formula is C18H19BrN2O4S. The monoisotopic (exact) mass is 438 g/mol. The zero-order valence-corrected chi connectivity index (χ0v) is 16.6. The molecule has 0 unspecified atom stereocenters. The SMILES string of the molecule is Cc1ccc(S(=O)(=O)N2CCOCC2)cc1C(=O)Nc1ccc(Br)cc1. The molecule has 0 bridgehead atoms. The topological polar surface area (TPSA) is 75.7 Å². The fraction of sp³-hybridized carbons (Fsp3) is 0.278. The van der Waals surface area contributed by atoms with Crippen molar-refractivity contribution in [3.8, 4) is 0 Å². The average molecular weight is 439 g/mol. The molecule has 3 rings (SSSR count). The summed E-state index contributed by atoms with van der Waals surface area (Å²) in [6.45, 7) is 3.17. The molecule has 0 saturated carbocycles. The van der Waals surface area contributed by atoms with Crippen LogP contribution < -0.4 is 5.32 Å². The van der Waals surface area contributed by atoms with Gasteiger partial charge in [0.15, 0.2) is 0 Å². The molecule has 1 heterocycles. The molecule has 0 spiro atoms. The van der Waals surface area contributed by atoms with Crippen molar-refractivity contribution in [2.24, 2.45) is 0 Å². The van der Waals surface area contributed by atoms with Gasteiger partial charge in [0.1, 0.15) is 0 Å². The summed E-state index contributed by atoms with van der Waals surface area (Å²) in [7, 11) is -3.65. The number of carbonyl (C=O) groups excluding carboxylic acids is 1. The highest BCUT2D eigenvalue weighted by Crippen LogP contribution is 2.22. The van der Waals surface area contributed by atoms with Crippen molar-refractivity contribution in [2.45, 2.75) is 11.8 Å². The molecule has 1 N–H and O–H groups in total. The van der Waals surface area contributed by atoms with Crippen LogP contribution in [-0.2, 0) is 14.8 Å². The summed E-state index contributed by atoms with van der Waals surface area (Å²) < 4.78 is 33.1. The normalized spacial score (nSPS) is 15.6. The van der Waals surface area contributed by atoms with Crippen molar-refractivity contribution in [3.05, 3.63) is 58.1 Å². The van der Waals surface area contributed by atoms with Crippen LogP contribution in [0.25, 0.3) is 0 Å². The molecule has 1 fully saturated rings. The molecule has 1 saturated heterocycles. The van der Waals surface area contributed by atoms with E-state index in [1.54, 1.807) is 25.1 Å². The largest absolute Gasteiger partial charge is 0.379 e. The number of hydrogen-bond donors (Lipinski definition) is 1. The average Bonchev–Trinajstić information content (AvgIpc) is 2.64.